The van der Waals surface area contributed by atoms with E-state index in [2.05, 4.69) is 0 Å². The van der Waals surface area contributed by atoms with E-state index in [1.807, 2.05) is 0 Å². The monoisotopic (exact) mass is 236 g/mol. The fourth-order valence-electron chi connectivity index (χ4n) is 2.73. The highest BCUT2D eigenvalue weighted by Crippen LogP contribution is 2.31. The third kappa shape index (κ3) is 3.29. The van der Waals surface area contributed by atoms with E-state index in [0.29, 0.717) is 5.56 Å². The van der Waals surface area contributed by atoms with Crippen molar-refractivity contribution in [1.82, 2.24) is 0 Å². The Bertz CT molecular complexity index is 369. The first-order chi connectivity index (χ1) is 8.16. The van der Waals surface area contributed by atoms with Crippen LogP contribution in [0.1, 0.15) is 55.8 Å². The molecule has 94 valence electrons. The summed E-state index contributed by atoms with van der Waals surface area (Å²) < 4.78 is 13.1. The molecule has 1 unspecified atom stereocenters. The van der Waals surface area contributed by atoms with Crippen LogP contribution in [0.3, 0.4) is 0 Å². The van der Waals surface area contributed by atoms with Gasteiger partial charge in [-0.15, -0.1) is 0 Å². The Hall–Kier alpha value is -0.890. The van der Waals surface area contributed by atoms with Crippen LogP contribution in [0, 0.1) is 18.7 Å². The average molecular weight is 236 g/mol. The molecule has 1 aliphatic carbocycles. The minimum absolute atomic E-state index is 0.197. The van der Waals surface area contributed by atoms with Crippen LogP contribution in [0.2, 0.25) is 0 Å². The Morgan fingerprint density at radius 2 is 2.06 bits per heavy atom. The summed E-state index contributed by atoms with van der Waals surface area (Å²) in [5.41, 5.74) is 1.46. The Morgan fingerprint density at radius 1 is 1.35 bits per heavy atom. The molecule has 1 nitrogen and oxygen atoms in total. The smallest absolute Gasteiger partial charge is 0.126 e. The minimum atomic E-state index is -0.435. The van der Waals surface area contributed by atoms with Crippen LogP contribution in [-0.4, -0.2) is 5.11 Å². The summed E-state index contributed by atoms with van der Waals surface area (Å²) in [7, 11) is 0. The van der Waals surface area contributed by atoms with Gasteiger partial charge in [-0.3, -0.25) is 0 Å². The molecule has 2 heteroatoms. The molecule has 1 aromatic carbocycles. The zero-order valence-electron chi connectivity index (χ0n) is 10.5. The maximum Gasteiger partial charge on any atom is 0.126 e. The van der Waals surface area contributed by atoms with E-state index in [1.165, 1.54) is 31.7 Å². The first-order valence-electron chi connectivity index (χ1n) is 6.61. The summed E-state index contributed by atoms with van der Waals surface area (Å²) >= 11 is 0. The molecule has 0 radical (unpaired) electrons. The highest BCUT2D eigenvalue weighted by atomic mass is 19.1. The van der Waals surface area contributed by atoms with E-state index in [0.717, 1.165) is 24.3 Å². The number of aryl methyl sites for hydroxylation is 1. The molecule has 0 amide bonds. The second-order valence-electron chi connectivity index (χ2n) is 5.25. The Balaban J connectivity index is 1.89. The van der Waals surface area contributed by atoms with Crippen LogP contribution in [0.25, 0.3) is 0 Å². The molecule has 1 atom stereocenters. The standard InChI is InChI=1S/C15H21FO/c1-11-10-13(7-8-14(11)16)15(17)9-6-12-4-2-3-5-12/h7-8,10,12,15,17H,2-6,9H2,1H3. The van der Waals surface area contributed by atoms with E-state index >= 15 is 0 Å². The summed E-state index contributed by atoms with van der Waals surface area (Å²) in [5.74, 6) is 0.600. The van der Waals surface area contributed by atoms with Gasteiger partial charge in [-0.05, 0) is 42.9 Å². The summed E-state index contributed by atoms with van der Waals surface area (Å²) in [6.07, 6.45) is 6.78. The third-order valence-electron chi connectivity index (χ3n) is 3.89. The van der Waals surface area contributed by atoms with Crippen molar-refractivity contribution in [2.75, 3.05) is 0 Å². The van der Waals surface area contributed by atoms with E-state index in [-0.39, 0.29) is 5.82 Å². The molecule has 0 aromatic heterocycles. The molecule has 17 heavy (non-hydrogen) atoms. The van der Waals surface area contributed by atoms with Crippen LogP contribution in [0.5, 0.6) is 0 Å². The van der Waals surface area contributed by atoms with Crippen LogP contribution >= 0.6 is 0 Å². The van der Waals surface area contributed by atoms with Gasteiger partial charge in [0, 0.05) is 0 Å². The van der Waals surface area contributed by atoms with Gasteiger partial charge in [-0.1, -0.05) is 37.8 Å². The molecule has 1 aromatic rings. The molecule has 0 aliphatic heterocycles. The van der Waals surface area contributed by atoms with Crippen molar-refractivity contribution in [3.8, 4) is 0 Å². The highest BCUT2D eigenvalue weighted by molar-refractivity contribution is 5.25. The number of aliphatic hydroxyl groups is 1. The van der Waals surface area contributed by atoms with Gasteiger partial charge in [0.25, 0.3) is 0 Å². The normalized spacial score (nSPS) is 18.5. The van der Waals surface area contributed by atoms with Gasteiger partial charge in [0.15, 0.2) is 0 Å². The van der Waals surface area contributed by atoms with Gasteiger partial charge >= 0.3 is 0 Å². The maximum absolute atomic E-state index is 13.1. The van der Waals surface area contributed by atoms with E-state index < -0.39 is 6.10 Å². The van der Waals surface area contributed by atoms with Gasteiger partial charge in [-0.2, -0.15) is 0 Å². The molecule has 0 saturated heterocycles. The number of halogens is 1. The van der Waals surface area contributed by atoms with Crippen molar-refractivity contribution < 1.29 is 9.50 Å². The van der Waals surface area contributed by atoms with Gasteiger partial charge in [0.2, 0.25) is 0 Å². The second kappa shape index (κ2) is 5.63. The van der Waals surface area contributed by atoms with Crippen molar-refractivity contribution >= 4 is 0 Å². The topological polar surface area (TPSA) is 20.2 Å². The van der Waals surface area contributed by atoms with Crippen LogP contribution in [0.4, 0.5) is 4.39 Å². The molecule has 0 bridgehead atoms. The Kier molecular flexibility index (Phi) is 4.16. The number of hydrogen-bond acceptors (Lipinski definition) is 1. The van der Waals surface area contributed by atoms with Gasteiger partial charge in [-0.25, -0.2) is 4.39 Å². The summed E-state index contributed by atoms with van der Waals surface area (Å²) in [4.78, 5) is 0. The molecule has 1 aliphatic rings. The number of hydrogen-bond donors (Lipinski definition) is 1. The molecule has 1 fully saturated rings. The van der Waals surface area contributed by atoms with E-state index in [1.54, 1.807) is 19.1 Å². The van der Waals surface area contributed by atoms with Gasteiger partial charge < -0.3 is 5.11 Å². The first kappa shape index (κ1) is 12.6. The number of rotatable bonds is 4. The SMILES string of the molecule is Cc1cc(C(O)CCC2CCCC2)ccc1F. The predicted octanol–water partition coefficient (Wildman–Crippen LogP) is 4.14. The van der Waals surface area contributed by atoms with Crippen molar-refractivity contribution in [2.45, 2.75) is 51.6 Å². The lowest BCUT2D eigenvalue weighted by molar-refractivity contribution is 0.157. The summed E-state index contributed by atoms with van der Waals surface area (Å²) in [6.45, 7) is 1.74. The average Bonchev–Trinajstić information content (AvgIpc) is 2.82. The fourth-order valence-corrected chi connectivity index (χ4v) is 2.73. The largest absolute Gasteiger partial charge is 0.388 e. The van der Waals surface area contributed by atoms with Gasteiger partial charge in [0.1, 0.15) is 5.82 Å². The Morgan fingerprint density at radius 3 is 2.71 bits per heavy atom. The highest BCUT2D eigenvalue weighted by Gasteiger charge is 2.17. The van der Waals surface area contributed by atoms with Crippen molar-refractivity contribution in [3.05, 3.63) is 35.1 Å². The summed E-state index contributed by atoms with van der Waals surface area (Å²) in [6, 6.07) is 4.90. The minimum Gasteiger partial charge on any atom is -0.388 e. The van der Waals surface area contributed by atoms with Crippen LogP contribution in [-0.2, 0) is 0 Å². The van der Waals surface area contributed by atoms with Crippen molar-refractivity contribution in [1.29, 1.82) is 0 Å². The molecular weight excluding hydrogens is 215 g/mol. The maximum atomic E-state index is 13.1. The molecule has 0 heterocycles. The molecular formula is C15H21FO. The predicted molar refractivity (Wildman–Crippen MR) is 67.3 cm³/mol. The quantitative estimate of drug-likeness (QED) is 0.833. The molecule has 1 saturated carbocycles. The fraction of sp³-hybridized carbons (Fsp3) is 0.600. The Labute approximate surface area is 103 Å². The van der Waals surface area contributed by atoms with Crippen molar-refractivity contribution in [2.24, 2.45) is 5.92 Å². The zero-order valence-corrected chi connectivity index (χ0v) is 10.5. The molecule has 1 N–H and O–H groups in total. The van der Waals surface area contributed by atoms with Crippen LogP contribution < -0.4 is 0 Å². The first-order valence-corrected chi connectivity index (χ1v) is 6.61. The van der Waals surface area contributed by atoms with Gasteiger partial charge in [0.05, 0.1) is 6.10 Å². The zero-order chi connectivity index (χ0) is 12.3. The van der Waals surface area contributed by atoms with Crippen molar-refractivity contribution in [3.63, 3.8) is 0 Å². The number of aliphatic hydroxyl groups excluding tert-OH is 1. The lowest BCUT2D eigenvalue weighted by Gasteiger charge is -2.14. The molecule has 2 rings (SSSR count). The lowest BCUT2D eigenvalue weighted by Crippen LogP contribution is -2.02. The lowest BCUT2D eigenvalue weighted by atomic mass is 9.96. The van der Waals surface area contributed by atoms with E-state index in [9.17, 15) is 9.50 Å². The van der Waals surface area contributed by atoms with Crippen LogP contribution in [0.15, 0.2) is 18.2 Å². The second-order valence-corrected chi connectivity index (χ2v) is 5.25. The van der Waals surface area contributed by atoms with E-state index in [4.69, 9.17) is 0 Å². The molecule has 0 spiro atoms. The number of benzene rings is 1. The third-order valence-corrected chi connectivity index (χ3v) is 3.89. The summed E-state index contributed by atoms with van der Waals surface area (Å²) in [5, 5.41) is 10.1.